The number of aryl methyl sites for hydroxylation is 1. The number of nitrogens with zero attached hydrogens (tertiary/aromatic N) is 4. The summed E-state index contributed by atoms with van der Waals surface area (Å²) < 4.78 is 1.89. The van der Waals surface area contributed by atoms with Gasteiger partial charge in [-0.3, -0.25) is 9.67 Å². The highest BCUT2D eigenvalue weighted by Crippen LogP contribution is 2.26. The molecule has 1 saturated heterocycles. The van der Waals surface area contributed by atoms with Gasteiger partial charge in [0.05, 0.1) is 6.20 Å². The molecule has 1 aromatic carbocycles. The molecule has 2 aromatic rings. The van der Waals surface area contributed by atoms with Crippen LogP contribution >= 0.6 is 24.0 Å². The minimum absolute atomic E-state index is 0. The van der Waals surface area contributed by atoms with E-state index >= 15 is 0 Å². The molecule has 0 spiro atoms. The lowest BCUT2D eigenvalue weighted by molar-refractivity contribution is 0.486. The zero-order valence-electron chi connectivity index (χ0n) is 18.5. The van der Waals surface area contributed by atoms with Crippen LogP contribution in [-0.4, -0.2) is 46.8 Å². The van der Waals surface area contributed by atoms with Crippen LogP contribution in [0.3, 0.4) is 0 Å². The molecule has 3 rings (SSSR count). The van der Waals surface area contributed by atoms with E-state index in [1.54, 1.807) is 0 Å². The van der Waals surface area contributed by atoms with Crippen LogP contribution in [0.2, 0.25) is 0 Å². The number of rotatable bonds is 5. The number of hydrogen-bond acceptors (Lipinski definition) is 2. The van der Waals surface area contributed by atoms with E-state index in [0.717, 1.165) is 45.0 Å². The number of hydrogen-bond donors (Lipinski definition) is 1. The third kappa shape index (κ3) is 6.46. The van der Waals surface area contributed by atoms with Gasteiger partial charge in [0.2, 0.25) is 0 Å². The summed E-state index contributed by atoms with van der Waals surface area (Å²) >= 11 is 0. The largest absolute Gasteiger partial charge is 0.357 e. The molecule has 1 unspecified atom stereocenters. The monoisotopic (exact) mass is 509 g/mol. The molecule has 1 aromatic heterocycles. The van der Waals surface area contributed by atoms with Crippen LogP contribution in [0.25, 0.3) is 0 Å². The maximum absolute atomic E-state index is 4.91. The van der Waals surface area contributed by atoms with Crippen molar-refractivity contribution in [3.8, 4) is 0 Å². The van der Waals surface area contributed by atoms with Crippen molar-refractivity contribution < 1.29 is 0 Å². The van der Waals surface area contributed by atoms with Gasteiger partial charge in [-0.15, -0.1) is 24.0 Å². The van der Waals surface area contributed by atoms with Crippen LogP contribution in [-0.2, 0) is 18.9 Å². The van der Waals surface area contributed by atoms with Crippen molar-refractivity contribution in [2.24, 2.45) is 12.0 Å². The van der Waals surface area contributed by atoms with E-state index in [1.165, 1.54) is 16.7 Å². The van der Waals surface area contributed by atoms with Crippen LogP contribution in [0.1, 0.15) is 56.7 Å². The molecule has 1 atom stereocenters. The Bertz CT molecular complexity index is 788. The van der Waals surface area contributed by atoms with Crippen LogP contribution in [0, 0.1) is 0 Å². The second kappa shape index (κ2) is 10.5. The number of halogens is 1. The molecule has 0 bridgehead atoms. The molecular weight excluding hydrogens is 473 g/mol. The quantitative estimate of drug-likeness (QED) is 0.371. The fourth-order valence-electron chi connectivity index (χ4n) is 3.76. The highest BCUT2D eigenvalue weighted by molar-refractivity contribution is 14.0. The Hall–Kier alpha value is -1.57. The summed E-state index contributed by atoms with van der Waals surface area (Å²) in [5.74, 6) is 1.59. The van der Waals surface area contributed by atoms with Crippen molar-refractivity contribution in [1.82, 2.24) is 20.0 Å². The Morgan fingerprint density at radius 3 is 2.55 bits per heavy atom. The molecule has 1 N–H and O–H groups in total. The Kier molecular flexibility index (Phi) is 8.55. The van der Waals surface area contributed by atoms with E-state index < -0.39 is 0 Å². The summed E-state index contributed by atoms with van der Waals surface area (Å²) in [6, 6.07) is 9.00. The van der Waals surface area contributed by atoms with Crippen molar-refractivity contribution in [1.29, 1.82) is 0 Å². The van der Waals surface area contributed by atoms with Crippen LogP contribution in [0.5, 0.6) is 0 Å². The topological polar surface area (TPSA) is 45.5 Å². The maximum atomic E-state index is 4.91. The van der Waals surface area contributed by atoms with Crippen LogP contribution in [0.4, 0.5) is 0 Å². The second-order valence-corrected chi connectivity index (χ2v) is 8.81. The lowest BCUT2D eigenvalue weighted by Gasteiger charge is -2.21. The first-order chi connectivity index (χ1) is 13.4. The van der Waals surface area contributed by atoms with Gasteiger partial charge in [0.25, 0.3) is 0 Å². The van der Waals surface area contributed by atoms with Gasteiger partial charge >= 0.3 is 0 Å². The fourth-order valence-corrected chi connectivity index (χ4v) is 3.76. The number of aromatic nitrogens is 2. The maximum Gasteiger partial charge on any atom is 0.193 e. The molecule has 1 aliphatic heterocycles. The van der Waals surface area contributed by atoms with E-state index in [9.17, 15) is 0 Å². The van der Waals surface area contributed by atoms with Gasteiger partial charge in [-0.1, -0.05) is 45.0 Å². The lowest BCUT2D eigenvalue weighted by atomic mass is 9.86. The minimum Gasteiger partial charge on any atom is -0.357 e. The second-order valence-electron chi connectivity index (χ2n) is 8.81. The van der Waals surface area contributed by atoms with Gasteiger partial charge < -0.3 is 10.2 Å². The van der Waals surface area contributed by atoms with E-state index in [0.29, 0.717) is 5.92 Å². The summed E-state index contributed by atoms with van der Waals surface area (Å²) in [4.78, 5) is 7.30. The first-order valence-corrected chi connectivity index (χ1v) is 10.5. The van der Waals surface area contributed by atoms with Gasteiger partial charge in [0, 0.05) is 45.3 Å². The zero-order chi connectivity index (χ0) is 20.1. The molecule has 160 valence electrons. The zero-order valence-corrected chi connectivity index (χ0v) is 20.8. The third-order valence-corrected chi connectivity index (χ3v) is 5.50. The minimum atomic E-state index is 0. The predicted molar refractivity (Wildman–Crippen MR) is 132 cm³/mol. The molecule has 0 amide bonds. The normalized spacial score (nSPS) is 17.3. The van der Waals surface area contributed by atoms with Gasteiger partial charge in [-0.05, 0) is 41.9 Å². The first kappa shape index (κ1) is 23.7. The van der Waals surface area contributed by atoms with Crippen molar-refractivity contribution >= 4 is 29.9 Å². The molecule has 29 heavy (non-hydrogen) atoms. The van der Waals surface area contributed by atoms with E-state index in [1.807, 2.05) is 17.9 Å². The molecular formula is C23H36IN5. The molecule has 1 aliphatic rings. The van der Waals surface area contributed by atoms with E-state index in [2.05, 4.69) is 73.5 Å². The lowest BCUT2D eigenvalue weighted by Crippen LogP contribution is -2.40. The Morgan fingerprint density at radius 1 is 1.24 bits per heavy atom. The van der Waals surface area contributed by atoms with Crippen molar-refractivity contribution in [3.05, 3.63) is 53.3 Å². The predicted octanol–water partition coefficient (Wildman–Crippen LogP) is 4.33. The number of guanidine groups is 1. The van der Waals surface area contributed by atoms with Gasteiger partial charge in [-0.25, -0.2) is 0 Å². The summed E-state index contributed by atoms with van der Waals surface area (Å²) in [7, 11) is 1.98. The Balaban J connectivity index is 0.00000300. The highest BCUT2D eigenvalue weighted by atomic mass is 127. The molecule has 6 heteroatoms. The number of aliphatic imine (C=N–C) groups is 1. The van der Waals surface area contributed by atoms with E-state index in [-0.39, 0.29) is 29.4 Å². The number of nitrogens with one attached hydrogen (secondary N) is 1. The Morgan fingerprint density at radius 2 is 1.97 bits per heavy atom. The van der Waals surface area contributed by atoms with Crippen molar-refractivity contribution in [3.63, 3.8) is 0 Å². The van der Waals surface area contributed by atoms with Gasteiger partial charge in [-0.2, -0.15) is 5.10 Å². The van der Waals surface area contributed by atoms with Crippen molar-refractivity contribution in [2.45, 2.75) is 51.9 Å². The number of likely N-dealkylation sites (tertiary alicyclic amines) is 1. The van der Waals surface area contributed by atoms with Crippen molar-refractivity contribution in [2.75, 3.05) is 26.2 Å². The summed E-state index contributed by atoms with van der Waals surface area (Å²) in [5, 5.41) is 7.80. The smallest absolute Gasteiger partial charge is 0.193 e. The molecule has 5 nitrogen and oxygen atoms in total. The summed E-state index contributed by atoms with van der Waals surface area (Å²) in [5.41, 5.74) is 4.27. The van der Waals surface area contributed by atoms with E-state index in [4.69, 9.17) is 4.99 Å². The van der Waals surface area contributed by atoms with Crippen LogP contribution in [0.15, 0.2) is 41.7 Å². The Labute approximate surface area is 193 Å². The molecule has 1 fully saturated rings. The van der Waals surface area contributed by atoms with Crippen LogP contribution < -0.4 is 5.32 Å². The average molecular weight is 509 g/mol. The number of benzene rings is 1. The molecule has 0 radical (unpaired) electrons. The average Bonchev–Trinajstić information content (AvgIpc) is 3.30. The molecule has 0 saturated carbocycles. The third-order valence-electron chi connectivity index (χ3n) is 5.50. The summed E-state index contributed by atoms with van der Waals surface area (Å²) in [6.45, 7) is 12.7. The molecule has 2 heterocycles. The highest BCUT2D eigenvalue weighted by Gasteiger charge is 2.26. The SMILES string of the molecule is CCNC(=NCCc1ccc(C(C)(C)C)cc1)N1CCC(c2cnn(C)c2)C1.I. The fraction of sp³-hybridized carbons (Fsp3) is 0.565. The molecule has 0 aliphatic carbocycles. The standard InChI is InChI=1S/C23H35N5.HI/c1-6-24-22(28-14-12-19(17-28)20-15-26-27(5)16-20)25-13-11-18-7-9-21(10-8-18)23(2,3)4;/h7-10,15-16,19H,6,11-14,17H2,1-5H3,(H,24,25);1H. The summed E-state index contributed by atoms with van der Waals surface area (Å²) in [6.07, 6.45) is 6.27. The van der Waals surface area contributed by atoms with Gasteiger partial charge in [0.15, 0.2) is 5.96 Å². The first-order valence-electron chi connectivity index (χ1n) is 10.5. The van der Waals surface area contributed by atoms with Gasteiger partial charge in [0.1, 0.15) is 0 Å².